The summed E-state index contributed by atoms with van der Waals surface area (Å²) in [5.74, 6) is 0.443. The Morgan fingerprint density at radius 1 is 1.45 bits per heavy atom. The number of likely N-dealkylation sites (tertiary alicyclic amines) is 1. The molecule has 2 heterocycles. The highest BCUT2D eigenvalue weighted by molar-refractivity contribution is 5.09. The van der Waals surface area contributed by atoms with Gasteiger partial charge in [-0.2, -0.15) is 0 Å². The van der Waals surface area contributed by atoms with Gasteiger partial charge in [0.25, 0.3) is 0 Å². The van der Waals surface area contributed by atoms with Crippen molar-refractivity contribution >= 4 is 0 Å². The quantitative estimate of drug-likeness (QED) is 0.867. The van der Waals surface area contributed by atoms with Gasteiger partial charge in [-0.25, -0.2) is 4.39 Å². The van der Waals surface area contributed by atoms with Gasteiger partial charge in [-0.3, -0.25) is 4.98 Å². The van der Waals surface area contributed by atoms with Crippen LogP contribution in [0.3, 0.4) is 0 Å². The molecule has 1 aliphatic rings. The Kier molecular flexibility index (Phi) is 5.49. The number of halogens is 1. The molecule has 1 saturated heterocycles. The van der Waals surface area contributed by atoms with Crippen molar-refractivity contribution in [1.82, 2.24) is 15.2 Å². The lowest BCUT2D eigenvalue weighted by Crippen LogP contribution is -2.32. The van der Waals surface area contributed by atoms with Gasteiger partial charge in [0.05, 0.1) is 11.9 Å². The summed E-state index contributed by atoms with van der Waals surface area (Å²) in [6, 6.07) is 4.14. The van der Waals surface area contributed by atoms with Crippen LogP contribution in [0.5, 0.6) is 0 Å². The summed E-state index contributed by atoms with van der Waals surface area (Å²) in [4.78, 5) is 6.72. The Hall–Kier alpha value is -1.00. The molecule has 1 aromatic rings. The monoisotopic (exact) mass is 279 g/mol. The molecule has 0 radical (unpaired) electrons. The number of hydrogen-bond donors (Lipinski definition) is 1. The summed E-state index contributed by atoms with van der Waals surface area (Å²) >= 11 is 0. The molecule has 1 N–H and O–H groups in total. The summed E-state index contributed by atoms with van der Waals surface area (Å²) in [6.07, 6.45) is 3.54. The van der Waals surface area contributed by atoms with Gasteiger partial charge in [-0.1, -0.05) is 6.92 Å². The van der Waals surface area contributed by atoms with Gasteiger partial charge < -0.3 is 10.2 Å². The Labute approximate surface area is 121 Å². The first-order chi connectivity index (χ1) is 9.60. The lowest BCUT2D eigenvalue weighted by molar-refractivity contribution is 0.262. The van der Waals surface area contributed by atoms with Crippen LogP contribution >= 0.6 is 0 Å². The number of nitrogens with zero attached hydrogens (tertiary/aromatic N) is 2. The van der Waals surface area contributed by atoms with E-state index in [-0.39, 0.29) is 11.9 Å². The highest BCUT2D eigenvalue weighted by Crippen LogP contribution is 2.20. The highest BCUT2D eigenvalue weighted by Gasteiger charge is 2.24. The van der Waals surface area contributed by atoms with Gasteiger partial charge >= 0.3 is 0 Å². The number of nitrogens with one attached hydrogen (secondary N) is 1. The lowest BCUT2D eigenvalue weighted by atomic mass is 10.1. The van der Waals surface area contributed by atoms with E-state index in [1.165, 1.54) is 31.8 Å². The zero-order valence-electron chi connectivity index (χ0n) is 12.8. The summed E-state index contributed by atoms with van der Waals surface area (Å²) in [7, 11) is 0. The molecule has 2 rings (SSSR count). The zero-order chi connectivity index (χ0) is 14.5. The second-order valence-electron chi connectivity index (χ2n) is 6.01. The van der Waals surface area contributed by atoms with Gasteiger partial charge in [0.1, 0.15) is 5.82 Å². The highest BCUT2D eigenvalue weighted by atomic mass is 19.1. The number of aromatic nitrogens is 1. The zero-order valence-corrected chi connectivity index (χ0v) is 12.8. The van der Waals surface area contributed by atoms with Crippen LogP contribution in [0.15, 0.2) is 18.3 Å². The van der Waals surface area contributed by atoms with Crippen molar-refractivity contribution in [2.75, 3.05) is 19.6 Å². The molecule has 0 saturated carbocycles. The van der Waals surface area contributed by atoms with E-state index in [4.69, 9.17) is 0 Å². The first-order valence-electron chi connectivity index (χ1n) is 7.69. The topological polar surface area (TPSA) is 28.2 Å². The standard InChI is InChI=1S/C16H26FN3/c1-4-15(16-6-5-14(17)10-19-16)18-9-13-7-8-20(11-13)12(2)3/h5-6,10,12-13,15,18H,4,7-9,11H2,1-3H3. The molecule has 1 aromatic heterocycles. The second kappa shape index (κ2) is 7.14. The van der Waals surface area contributed by atoms with Crippen LogP contribution in [0, 0.1) is 11.7 Å². The normalized spacial score (nSPS) is 21.6. The van der Waals surface area contributed by atoms with E-state index in [9.17, 15) is 4.39 Å². The Balaban J connectivity index is 1.84. The van der Waals surface area contributed by atoms with Crippen molar-refractivity contribution in [2.45, 2.75) is 45.7 Å². The third-order valence-corrected chi connectivity index (χ3v) is 4.22. The largest absolute Gasteiger partial charge is 0.308 e. The third-order valence-electron chi connectivity index (χ3n) is 4.22. The van der Waals surface area contributed by atoms with Crippen molar-refractivity contribution in [3.05, 3.63) is 29.8 Å². The van der Waals surface area contributed by atoms with E-state index < -0.39 is 0 Å². The molecule has 0 bridgehead atoms. The van der Waals surface area contributed by atoms with Crippen LogP contribution in [0.4, 0.5) is 4.39 Å². The fourth-order valence-electron chi connectivity index (χ4n) is 2.86. The predicted molar refractivity (Wildman–Crippen MR) is 80.0 cm³/mol. The molecule has 2 atom stereocenters. The molecule has 20 heavy (non-hydrogen) atoms. The van der Waals surface area contributed by atoms with Gasteiger partial charge in [-0.05, 0) is 57.8 Å². The summed E-state index contributed by atoms with van der Waals surface area (Å²) in [6.45, 7) is 10.0. The molecule has 2 unspecified atom stereocenters. The van der Waals surface area contributed by atoms with Crippen molar-refractivity contribution in [2.24, 2.45) is 5.92 Å². The van der Waals surface area contributed by atoms with Crippen LogP contribution < -0.4 is 5.32 Å². The summed E-state index contributed by atoms with van der Waals surface area (Å²) in [5.41, 5.74) is 0.938. The average Bonchev–Trinajstić information content (AvgIpc) is 2.90. The van der Waals surface area contributed by atoms with Crippen molar-refractivity contribution in [3.8, 4) is 0 Å². The van der Waals surface area contributed by atoms with E-state index in [1.807, 2.05) is 0 Å². The fraction of sp³-hybridized carbons (Fsp3) is 0.688. The Morgan fingerprint density at radius 3 is 2.80 bits per heavy atom. The molecule has 0 amide bonds. The molecular formula is C16H26FN3. The lowest BCUT2D eigenvalue weighted by Gasteiger charge is -2.22. The van der Waals surface area contributed by atoms with Crippen molar-refractivity contribution in [1.29, 1.82) is 0 Å². The smallest absolute Gasteiger partial charge is 0.141 e. The third kappa shape index (κ3) is 4.00. The van der Waals surface area contributed by atoms with Crippen LogP contribution in [-0.4, -0.2) is 35.6 Å². The van der Waals surface area contributed by atoms with Crippen LogP contribution in [0.25, 0.3) is 0 Å². The van der Waals surface area contributed by atoms with Crippen molar-refractivity contribution in [3.63, 3.8) is 0 Å². The Bertz CT molecular complexity index is 405. The molecule has 3 nitrogen and oxygen atoms in total. The first-order valence-corrected chi connectivity index (χ1v) is 7.69. The minimum absolute atomic E-state index is 0.226. The van der Waals surface area contributed by atoms with E-state index in [2.05, 4.69) is 36.0 Å². The van der Waals surface area contributed by atoms with E-state index in [0.29, 0.717) is 12.0 Å². The minimum Gasteiger partial charge on any atom is -0.308 e. The molecule has 0 aliphatic carbocycles. The molecule has 4 heteroatoms. The molecular weight excluding hydrogens is 253 g/mol. The van der Waals surface area contributed by atoms with Gasteiger partial charge in [-0.15, -0.1) is 0 Å². The number of hydrogen-bond acceptors (Lipinski definition) is 3. The van der Waals surface area contributed by atoms with Crippen molar-refractivity contribution < 1.29 is 4.39 Å². The second-order valence-corrected chi connectivity index (χ2v) is 6.01. The first kappa shape index (κ1) is 15.4. The molecule has 0 aromatic carbocycles. The minimum atomic E-state index is -0.271. The number of pyridine rings is 1. The van der Waals surface area contributed by atoms with Gasteiger partial charge in [0.2, 0.25) is 0 Å². The molecule has 1 aliphatic heterocycles. The van der Waals surface area contributed by atoms with Crippen LogP contribution in [0.2, 0.25) is 0 Å². The SMILES string of the molecule is CCC(NCC1CCN(C(C)C)C1)c1ccc(F)cn1. The van der Waals surface area contributed by atoms with Crippen LogP contribution in [-0.2, 0) is 0 Å². The Morgan fingerprint density at radius 2 is 2.25 bits per heavy atom. The summed E-state index contributed by atoms with van der Waals surface area (Å²) < 4.78 is 12.9. The molecule has 112 valence electrons. The van der Waals surface area contributed by atoms with E-state index in [0.717, 1.165) is 18.7 Å². The fourth-order valence-corrected chi connectivity index (χ4v) is 2.86. The molecule has 0 spiro atoms. The van der Waals surface area contributed by atoms with E-state index in [1.54, 1.807) is 6.07 Å². The maximum atomic E-state index is 12.9. The maximum Gasteiger partial charge on any atom is 0.141 e. The average molecular weight is 279 g/mol. The van der Waals surface area contributed by atoms with Gasteiger partial charge in [0.15, 0.2) is 0 Å². The van der Waals surface area contributed by atoms with Gasteiger partial charge in [0, 0.05) is 18.6 Å². The van der Waals surface area contributed by atoms with Crippen LogP contribution in [0.1, 0.15) is 45.3 Å². The number of rotatable bonds is 6. The summed E-state index contributed by atoms with van der Waals surface area (Å²) in [5, 5.41) is 3.59. The predicted octanol–water partition coefficient (Wildman–Crippen LogP) is 2.99. The van der Waals surface area contributed by atoms with E-state index >= 15 is 0 Å². The maximum absolute atomic E-state index is 12.9. The molecule has 1 fully saturated rings.